The summed E-state index contributed by atoms with van der Waals surface area (Å²) in [6.07, 6.45) is 0. The molecule has 6 nitrogen and oxygen atoms in total. The van der Waals surface area contributed by atoms with Crippen LogP contribution in [0.4, 0.5) is 0 Å². The Balaban J connectivity index is 1.03. The second-order valence-corrected chi connectivity index (χ2v) is 26.5. The van der Waals surface area contributed by atoms with Crippen molar-refractivity contribution in [1.29, 1.82) is 0 Å². The van der Waals surface area contributed by atoms with E-state index in [0.29, 0.717) is 33.1 Å². The lowest BCUT2D eigenvalue weighted by Crippen LogP contribution is -2.03. The van der Waals surface area contributed by atoms with E-state index < -0.39 is 0 Å². The van der Waals surface area contributed by atoms with Crippen molar-refractivity contribution in [3.63, 3.8) is 0 Å². The van der Waals surface area contributed by atoms with Gasteiger partial charge in [0.15, 0.2) is 0 Å². The van der Waals surface area contributed by atoms with Gasteiger partial charge in [0.25, 0.3) is 0 Å². The highest BCUT2D eigenvalue weighted by atomic mass is 32.1. The molecule has 0 aliphatic rings. The first-order valence-corrected chi connectivity index (χ1v) is 32.2. The van der Waals surface area contributed by atoms with Crippen molar-refractivity contribution < 1.29 is 0 Å². The summed E-state index contributed by atoms with van der Waals surface area (Å²) in [5.74, 6) is 0. The molecule has 0 spiro atoms. The fourth-order valence-corrected chi connectivity index (χ4v) is 16.7. The quantitative estimate of drug-likeness (QED) is 0.113. The van der Waals surface area contributed by atoms with Crippen LogP contribution in [0, 0.1) is 0 Å². The fourth-order valence-electron chi connectivity index (χ4n) is 10.7. The Bertz CT molecular complexity index is 4210. The van der Waals surface area contributed by atoms with Crippen molar-refractivity contribution in [2.45, 2.75) is 0 Å². The molecule has 84 heavy (non-hydrogen) atoms. The van der Waals surface area contributed by atoms with Gasteiger partial charge in [-0.05, 0) is 106 Å². The number of benzene rings is 7. The molecule has 0 radical (unpaired) electrons. The summed E-state index contributed by atoms with van der Waals surface area (Å²) in [6.45, 7) is 0. The van der Waals surface area contributed by atoms with Crippen molar-refractivity contribution in [1.82, 2.24) is 29.9 Å². The third-order valence-corrected chi connectivity index (χ3v) is 21.6. The van der Waals surface area contributed by atoms with Gasteiger partial charge in [-0.1, -0.05) is 182 Å². The van der Waals surface area contributed by atoms with Gasteiger partial charge < -0.3 is 0 Å². The van der Waals surface area contributed by atoms with E-state index in [1.807, 2.05) is 0 Å². The molecule has 7 aromatic carbocycles. The largest absolute Gasteiger partial charge is 0.240 e. The van der Waals surface area contributed by atoms with Crippen LogP contribution < -0.4 is 0 Å². The zero-order chi connectivity index (χ0) is 55.5. The van der Waals surface area contributed by atoms with E-state index >= 15 is 0 Å². The molecule has 396 valence electrons. The summed E-state index contributed by atoms with van der Waals surface area (Å²) in [5, 5.41) is 0. The molecule has 0 N–H and O–H groups in total. The average molecular weight is 1180 g/mol. The third-order valence-electron chi connectivity index (χ3n) is 14.7. The Labute approximate surface area is 507 Å². The van der Waals surface area contributed by atoms with Gasteiger partial charge in [0.2, 0.25) is 0 Å². The highest BCUT2D eigenvalue weighted by Gasteiger charge is 2.28. The van der Waals surface area contributed by atoms with Crippen LogP contribution in [0.25, 0.3) is 159 Å². The zero-order valence-electron chi connectivity index (χ0n) is 44.4. The smallest absolute Gasteiger partial charge is 0.120 e. The predicted molar refractivity (Wildman–Crippen MR) is 358 cm³/mol. The Kier molecular flexibility index (Phi) is 12.9. The lowest BCUT2D eigenvalue weighted by atomic mass is 10.1. The molecule has 0 bridgehead atoms. The van der Waals surface area contributed by atoms with Gasteiger partial charge in [0.05, 0.1) is 29.3 Å². The molecule has 0 saturated carbocycles. The van der Waals surface area contributed by atoms with Crippen molar-refractivity contribution >= 4 is 101 Å². The lowest BCUT2D eigenvalue weighted by molar-refractivity contribution is 1.26. The van der Waals surface area contributed by atoms with Gasteiger partial charge in [-0.3, -0.25) is 0 Å². The predicted octanol–water partition coefficient (Wildman–Crippen LogP) is 21.9. The maximum atomic E-state index is 5.88. The van der Waals surface area contributed by atoms with E-state index in [1.165, 1.54) is 0 Å². The molecular formula is C72H42N6S6. The summed E-state index contributed by atoms with van der Waals surface area (Å²) < 4.78 is 0. The summed E-state index contributed by atoms with van der Waals surface area (Å²) in [4.78, 5) is 48.1. The van der Waals surface area contributed by atoms with Crippen LogP contribution in [0.1, 0.15) is 0 Å². The first kappa shape index (κ1) is 50.5. The molecule has 0 amide bonds. The molecule has 0 unspecified atom stereocenters. The zero-order valence-corrected chi connectivity index (χ0v) is 49.3. The normalized spacial score (nSPS) is 11.6. The molecule has 0 atom stereocenters. The van der Waals surface area contributed by atoms with Gasteiger partial charge in [-0.25, -0.2) is 29.9 Å². The van der Waals surface area contributed by atoms with Crippen molar-refractivity contribution in [2.24, 2.45) is 0 Å². The van der Waals surface area contributed by atoms with E-state index in [9.17, 15) is 0 Å². The highest BCUT2D eigenvalue weighted by molar-refractivity contribution is 7.21. The second kappa shape index (κ2) is 21.5. The van der Waals surface area contributed by atoms with Crippen LogP contribution in [0.15, 0.2) is 255 Å². The number of thiophene rings is 6. The molecular weight excluding hydrogens is 1140 g/mol. The number of fused-ring (bicyclic) bond motifs is 6. The van der Waals surface area contributed by atoms with Crippen molar-refractivity contribution in [2.75, 3.05) is 0 Å². The molecule has 9 heterocycles. The molecule has 0 fully saturated rings. The summed E-state index contributed by atoms with van der Waals surface area (Å²) in [5.41, 5.74) is 15.1. The lowest BCUT2D eigenvalue weighted by Gasteiger charge is -2.15. The molecule has 0 aliphatic carbocycles. The van der Waals surface area contributed by atoms with Crippen LogP contribution >= 0.6 is 68.0 Å². The standard InChI is InChI=1S/C72H42N6S6/c1-7-19-43(20-8-1)49-31-37-55(79-49)61-62(56-38-32-50(80-56)44-21-9-2-10-22-44)74-68-67(73-61)69-71(77-64(58-40-34-52(82-58)46-25-13-4-14-26-46)63(75-69)57-39-33-51(81-57)45-23-11-3-12-24-45)72-70(68)76-65(59-41-35-53(83-59)47-27-15-5-16-28-47)66(78-72)60-42-36-54(84-60)48-29-17-6-18-30-48/h1-42H. The number of aromatic nitrogens is 6. The van der Waals surface area contributed by atoms with Gasteiger partial charge in [0.1, 0.15) is 67.3 Å². The van der Waals surface area contributed by atoms with E-state index in [1.54, 1.807) is 68.0 Å². The Morgan fingerprint density at radius 2 is 0.274 bits per heavy atom. The Hall–Kier alpha value is -9.24. The molecule has 0 aliphatic heterocycles. The van der Waals surface area contributed by atoms with Gasteiger partial charge in [-0.15, -0.1) is 68.0 Å². The minimum absolute atomic E-state index is 0.605. The molecule has 16 rings (SSSR count). The van der Waals surface area contributed by atoms with Crippen LogP contribution in [-0.2, 0) is 0 Å². The van der Waals surface area contributed by atoms with Crippen molar-refractivity contribution in [3.8, 4) is 126 Å². The number of nitrogens with zero attached hydrogens (tertiary/aromatic N) is 6. The maximum absolute atomic E-state index is 5.88. The summed E-state index contributed by atoms with van der Waals surface area (Å²) in [6, 6.07) is 89.6. The average Bonchev–Trinajstić information content (AvgIpc) is 2.61. The second-order valence-electron chi connectivity index (χ2n) is 20.0. The maximum Gasteiger partial charge on any atom is 0.120 e. The number of hydrogen-bond acceptors (Lipinski definition) is 12. The van der Waals surface area contributed by atoms with Gasteiger partial charge in [-0.2, -0.15) is 0 Å². The Morgan fingerprint density at radius 1 is 0.143 bits per heavy atom. The summed E-state index contributed by atoms with van der Waals surface area (Å²) in [7, 11) is 0. The van der Waals surface area contributed by atoms with Crippen LogP contribution in [0.3, 0.4) is 0 Å². The third kappa shape index (κ3) is 9.30. The van der Waals surface area contributed by atoms with Crippen LogP contribution in [-0.4, -0.2) is 29.9 Å². The summed E-state index contributed by atoms with van der Waals surface area (Å²) >= 11 is 10.3. The first-order valence-electron chi connectivity index (χ1n) is 27.3. The van der Waals surface area contributed by atoms with E-state index in [-0.39, 0.29) is 0 Å². The fraction of sp³-hybridized carbons (Fsp3) is 0. The van der Waals surface area contributed by atoms with Gasteiger partial charge >= 0.3 is 0 Å². The molecule has 0 saturated heterocycles. The Morgan fingerprint density at radius 3 is 0.417 bits per heavy atom. The molecule has 16 aromatic rings. The minimum atomic E-state index is 0.605. The van der Waals surface area contributed by atoms with Crippen molar-refractivity contribution in [3.05, 3.63) is 255 Å². The number of rotatable bonds is 12. The molecule has 12 heteroatoms. The van der Waals surface area contributed by atoms with E-state index in [0.717, 1.165) is 126 Å². The highest BCUT2D eigenvalue weighted by Crippen LogP contribution is 2.49. The minimum Gasteiger partial charge on any atom is -0.240 e. The van der Waals surface area contributed by atoms with Gasteiger partial charge in [0, 0.05) is 29.3 Å². The van der Waals surface area contributed by atoms with E-state index in [4.69, 9.17) is 29.9 Å². The first-order chi connectivity index (χ1) is 41.6. The topological polar surface area (TPSA) is 77.3 Å². The number of hydrogen-bond donors (Lipinski definition) is 0. The van der Waals surface area contributed by atoms with Crippen LogP contribution in [0.5, 0.6) is 0 Å². The van der Waals surface area contributed by atoms with E-state index in [2.05, 4.69) is 255 Å². The SMILES string of the molecule is c1ccc(-c2ccc(-c3nc4c5nc(-c6ccc(-c7ccccc7)s6)c(-c6ccc(-c7ccccc7)s6)nc5c5nc(-c6ccc(-c7ccccc7)s6)c(-c6ccc(-c7ccccc7)s6)nc5c4nc3-c3ccc(-c4ccccc4)s3)s2)cc1. The van der Waals surface area contributed by atoms with Crippen LogP contribution in [0.2, 0.25) is 0 Å². The monoisotopic (exact) mass is 1180 g/mol. The molecule has 9 aromatic heterocycles.